The molecule has 0 aliphatic rings. The van der Waals surface area contributed by atoms with Gasteiger partial charge in [-0.3, -0.25) is 4.79 Å². The summed E-state index contributed by atoms with van der Waals surface area (Å²) in [7, 11) is 1.60. The first kappa shape index (κ1) is 18.6. The molecule has 0 fully saturated rings. The molecule has 0 saturated heterocycles. The Morgan fingerprint density at radius 1 is 1.22 bits per heavy atom. The van der Waals surface area contributed by atoms with Crippen LogP contribution in [0.4, 0.5) is 4.39 Å². The van der Waals surface area contributed by atoms with Gasteiger partial charge in [0.05, 0.1) is 24.9 Å². The van der Waals surface area contributed by atoms with Gasteiger partial charge in [-0.2, -0.15) is 0 Å². The van der Waals surface area contributed by atoms with Crippen molar-refractivity contribution in [2.45, 2.75) is 25.8 Å². The number of oxazole rings is 1. The molecule has 27 heavy (non-hydrogen) atoms. The molecule has 1 N–H and O–H groups in total. The number of halogens is 1. The Hall–Kier alpha value is -3.15. The highest BCUT2D eigenvalue weighted by Crippen LogP contribution is 2.25. The van der Waals surface area contributed by atoms with E-state index in [4.69, 9.17) is 9.15 Å². The molecular formula is C21H21FN2O3. The van der Waals surface area contributed by atoms with Crippen LogP contribution in [0.1, 0.15) is 30.8 Å². The van der Waals surface area contributed by atoms with Crippen molar-refractivity contribution in [1.29, 1.82) is 0 Å². The van der Waals surface area contributed by atoms with Crippen LogP contribution < -0.4 is 10.1 Å². The highest BCUT2D eigenvalue weighted by Gasteiger charge is 2.15. The Bertz CT molecular complexity index is 923. The fourth-order valence-corrected chi connectivity index (χ4v) is 2.85. The van der Waals surface area contributed by atoms with E-state index in [-0.39, 0.29) is 24.2 Å². The summed E-state index contributed by atoms with van der Waals surface area (Å²) in [6.45, 7) is 1.90. The highest BCUT2D eigenvalue weighted by atomic mass is 19.1. The number of carbonyl (C=O) groups excluding carboxylic acids is 1. The number of rotatable bonds is 7. The number of nitrogens with one attached hydrogen (secondary N) is 1. The van der Waals surface area contributed by atoms with E-state index in [0.717, 1.165) is 11.3 Å². The van der Waals surface area contributed by atoms with E-state index in [1.165, 1.54) is 12.3 Å². The lowest BCUT2D eigenvalue weighted by Crippen LogP contribution is -2.27. The molecule has 1 amide bonds. The predicted molar refractivity (Wildman–Crippen MR) is 99.8 cm³/mol. The Kier molecular flexibility index (Phi) is 5.86. The van der Waals surface area contributed by atoms with Crippen molar-refractivity contribution in [3.63, 3.8) is 0 Å². The molecule has 3 rings (SSSR count). The summed E-state index contributed by atoms with van der Waals surface area (Å²) in [4.78, 5) is 16.4. The number of nitrogens with zero attached hydrogens (tertiary/aromatic N) is 1. The van der Waals surface area contributed by atoms with Gasteiger partial charge in [0.1, 0.15) is 11.6 Å². The van der Waals surface area contributed by atoms with Crippen molar-refractivity contribution in [1.82, 2.24) is 10.3 Å². The number of para-hydroxylation sites is 1. The van der Waals surface area contributed by atoms with Crippen LogP contribution in [0.3, 0.4) is 0 Å². The Morgan fingerprint density at radius 2 is 1.96 bits per heavy atom. The van der Waals surface area contributed by atoms with E-state index in [2.05, 4.69) is 10.3 Å². The van der Waals surface area contributed by atoms with Gasteiger partial charge in [0.15, 0.2) is 11.7 Å². The normalized spacial score (nSPS) is 11.8. The summed E-state index contributed by atoms with van der Waals surface area (Å²) < 4.78 is 24.7. The first-order valence-electron chi connectivity index (χ1n) is 8.70. The molecule has 0 spiro atoms. The molecule has 6 heteroatoms. The van der Waals surface area contributed by atoms with Crippen LogP contribution in [0.25, 0.3) is 11.3 Å². The van der Waals surface area contributed by atoms with Gasteiger partial charge < -0.3 is 14.5 Å². The van der Waals surface area contributed by atoms with Gasteiger partial charge in [-0.25, -0.2) is 9.37 Å². The zero-order valence-corrected chi connectivity index (χ0v) is 15.2. The first-order valence-corrected chi connectivity index (χ1v) is 8.70. The lowest BCUT2D eigenvalue weighted by atomic mass is 10.1. The number of benzene rings is 2. The molecule has 2 aromatic carbocycles. The van der Waals surface area contributed by atoms with Crippen molar-refractivity contribution in [3.8, 4) is 17.1 Å². The maximum atomic E-state index is 13.8. The number of hydrogen-bond donors (Lipinski definition) is 1. The van der Waals surface area contributed by atoms with E-state index in [9.17, 15) is 9.18 Å². The number of methoxy groups -OCH3 is 1. The zero-order chi connectivity index (χ0) is 19.2. The molecule has 3 aromatic rings. The van der Waals surface area contributed by atoms with Crippen molar-refractivity contribution in [3.05, 3.63) is 72.0 Å². The standard InChI is InChI=1S/C21H21FN2O3/c1-14(15-7-4-6-10-18(15)26-2)24-20(25)11-12-21-23-13-19(27-21)16-8-3-5-9-17(16)22/h3-10,13-14H,11-12H2,1-2H3,(H,24,25). The molecule has 0 saturated carbocycles. The van der Waals surface area contributed by atoms with Crippen LogP contribution in [0, 0.1) is 5.82 Å². The third-order valence-corrected chi connectivity index (χ3v) is 4.24. The van der Waals surface area contributed by atoms with E-state index >= 15 is 0 Å². The number of amides is 1. The minimum atomic E-state index is -0.372. The van der Waals surface area contributed by atoms with Gasteiger partial charge in [-0.05, 0) is 25.1 Å². The second kappa shape index (κ2) is 8.49. The van der Waals surface area contributed by atoms with E-state index in [1.807, 2.05) is 31.2 Å². The molecule has 0 radical (unpaired) electrons. The number of aryl methyl sites for hydroxylation is 1. The zero-order valence-electron chi connectivity index (χ0n) is 15.2. The van der Waals surface area contributed by atoms with Gasteiger partial charge in [-0.15, -0.1) is 0 Å². The first-order chi connectivity index (χ1) is 13.1. The molecule has 0 aliphatic carbocycles. The average molecular weight is 368 g/mol. The van der Waals surface area contributed by atoms with Crippen molar-refractivity contribution in [2.75, 3.05) is 7.11 Å². The second-order valence-corrected chi connectivity index (χ2v) is 6.13. The lowest BCUT2D eigenvalue weighted by molar-refractivity contribution is -0.121. The summed E-state index contributed by atoms with van der Waals surface area (Å²) >= 11 is 0. The molecule has 0 aliphatic heterocycles. The predicted octanol–water partition coefficient (Wildman–Crippen LogP) is 4.30. The summed E-state index contributed by atoms with van der Waals surface area (Å²) in [5, 5.41) is 2.94. The summed E-state index contributed by atoms with van der Waals surface area (Å²) in [5.74, 6) is 0.981. The van der Waals surface area contributed by atoms with Crippen LogP contribution in [0.15, 0.2) is 59.1 Å². The molecule has 5 nitrogen and oxygen atoms in total. The van der Waals surface area contributed by atoms with Crippen LogP contribution >= 0.6 is 0 Å². The Morgan fingerprint density at radius 3 is 2.74 bits per heavy atom. The smallest absolute Gasteiger partial charge is 0.220 e. The van der Waals surface area contributed by atoms with Gasteiger partial charge in [0, 0.05) is 18.4 Å². The van der Waals surface area contributed by atoms with Crippen LogP contribution in [0.2, 0.25) is 0 Å². The fourth-order valence-electron chi connectivity index (χ4n) is 2.85. The molecular weight excluding hydrogens is 347 g/mol. The largest absolute Gasteiger partial charge is 0.496 e. The average Bonchev–Trinajstić information content (AvgIpc) is 3.15. The van der Waals surface area contributed by atoms with Crippen molar-refractivity contribution in [2.24, 2.45) is 0 Å². The minimum absolute atomic E-state index is 0.126. The molecule has 1 atom stereocenters. The summed E-state index contributed by atoms with van der Waals surface area (Å²) in [6, 6.07) is 13.7. The van der Waals surface area contributed by atoms with E-state index in [0.29, 0.717) is 23.6 Å². The van der Waals surface area contributed by atoms with Crippen LogP contribution in [-0.2, 0) is 11.2 Å². The molecule has 1 aromatic heterocycles. The lowest BCUT2D eigenvalue weighted by Gasteiger charge is -2.17. The SMILES string of the molecule is COc1ccccc1C(C)NC(=O)CCc1ncc(-c2ccccc2F)o1. The Balaban J connectivity index is 1.57. The topological polar surface area (TPSA) is 64.4 Å². The minimum Gasteiger partial charge on any atom is -0.496 e. The number of hydrogen-bond acceptors (Lipinski definition) is 4. The van der Waals surface area contributed by atoms with Gasteiger partial charge in [0.25, 0.3) is 0 Å². The maximum absolute atomic E-state index is 13.8. The quantitative estimate of drug-likeness (QED) is 0.675. The Labute approximate surface area is 157 Å². The highest BCUT2D eigenvalue weighted by molar-refractivity contribution is 5.76. The number of ether oxygens (including phenoxy) is 1. The summed E-state index contributed by atoms with van der Waals surface area (Å²) in [6.07, 6.45) is 2.03. The molecule has 0 bridgehead atoms. The third kappa shape index (κ3) is 4.53. The maximum Gasteiger partial charge on any atom is 0.220 e. The molecule has 1 unspecified atom stereocenters. The number of aromatic nitrogens is 1. The number of carbonyl (C=O) groups is 1. The molecule has 140 valence electrons. The molecule has 1 heterocycles. The van der Waals surface area contributed by atoms with E-state index in [1.54, 1.807) is 25.3 Å². The summed E-state index contributed by atoms with van der Waals surface area (Å²) in [5.41, 5.74) is 1.26. The monoisotopic (exact) mass is 368 g/mol. The van der Waals surface area contributed by atoms with E-state index < -0.39 is 0 Å². The third-order valence-electron chi connectivity index (χ3n) is 4.24. The van der Waals surface area contributed by atoms with Crippen LogP contribution in [-0.4, -0.2) is 18.0 Å². The second-order valence-electron chi connectivity index (χ2n) is 6.13. The van der Waals surface area contributed by atoms with Gasteiger partial charge in [-0.1, -0.05) is 30.3 Å². The van der Waals surface area contributed by atoms with Crippen LogP contribution in [0.5, 0.6) is 5.75 Å². The van der Waals surface area contributed by atoms with Gasteiger partial charge >= 0.3 is 0 Å². The van der Waals surface area contributed by atoms with Crippen molar-refractivity contribution >= 4 is 5.91 Å². The fraction of sp³-hybridized carbons (Fsp3) is 0.238. The van der Waals surface area contributed by atoms with Crippen molar-refractivity contribution < 1.29 is 18.3 Å². The van der Waals surface area contributed by atoms with Gasteiger partial charge in [0.2, 0.25) is 5.91 Å².